The van der Waals surface area contributed by atoms with Gasteiger partial charge in [0.25, 0.3) is 0 Å². The Balaban J connectivity index is 6.80. The fourth-order valence-electron chi connectivity index (χ4n) is 5.14. The maximum Gasteiger partial charge on any atom is 0.0940 e. The third-order valence-corrected chi connectivity index (χ3v) is 6.33. The molecule has 0 saturated heterocycles. The van der Waals surface area contributed by atoms with E-state index in [-0.39, 0.29) is 36.6 Å². The van der Waals surface area contributed by atoms with Crippen molar-refractivity contribution in [2.24, 2.45) is 5.41 Å². The number of hydrogen-bond acceptors (Lipinski definition) is 6. The summed E-state index contributed by atoms with van der Waals surface area (Å²) < 4.78 is 37.2. The third kappa shape index (κ3) is 6.88. The van der Waals surface area contributed by atoms with E-state index < -0.39 is 5.41 Å². The van der Waals surface area contributed by atoms with Gasteiger partial charge in [0, 0.05) is 41.2 Å². The van der Waals surface area contributed by atoms with E-state index >= 15 is 0 Å². The highest BCUT2D eigenvalue weighted by Crippen LogP contribution is 2.46. The van der Waals surface area contributed by atoms with Crippen molar-refractivity contribution in [2.45, 2.75) is 111 Å². The number of hydrogen-bond donors (Lipinski definition) is 0. The van der Waals surface area contributed by atoms with Gasteiger partial charge in [0.05, 0.1) is 42.0 Å². The topological polar surface area (TPSA) is 55.4 Å². The van der Waals surface area contributed by atoms with E-state index in [9.17, 15) is 0 Å². The lowest BCUT2D eigenvalue weighted by Gasteiger charge is -2.53. The van der Waals surface area contributed by atoms with Crippen LogP contribution in [0.5, 0.6) is 0 Å². The summed E-state index contributed by atoms with van der Waals surface area (Å²) in [6.07, 6.45) is 2.27. The van der Waals surface area contributed by atoms with Crippen LogP contribution in [0, 0.1) is 5.41 Å². The molecule has 0 amide bonds. The van der Waals surface area contributed by atoms with Gasteiger partial charge in [-0.05, 0) is 46.5 Å². The molecule has 0 aromatic carbocycles. The standard InChI is InChI=1S/C24H50O6/c1-11-18(28-15-5)21(25-8)24(14-4,22(26-9)19(12-2)29-16-6)23(27-10)20(13-3)30-17-7/h18-23H,11-17H2,1-10H3. The Bertz CT molecular complexity index is 350. The van der Waals surface area contributed by atoms with Crippen LogP contribution in [0.1, 0.15) is 74.1 Å². The Kier molecular flexibility index (Phi) is 16.3. The lowest BCUT2D eigenvalue weighted by Crippen LogP contribution is -2.65. The molecular weight excluding hydrogens is 384 g/mol. The molecule has 0 radical (unpaired) electrons. The number of ether oxygens (including phenoxy) is 6. The second kappa shape index (κ2) is 16.4. The van der Waals surface area contributed by atoms with Gasteiger partial charge in [0.15, 0.2) is 0 Å². The lowest BCUT2D eigenvalue weighted by atomic mass is 9.64. The summed E-state index contributed by atoms with van der Waals surface area (Å²) in [6.45, 7) is 16.5. The van der Waals surface area contributed by atoms with E-state index in [0.29, 0.717) is 19.8 Å². The highest BCUT2D eigenvalue weighted by molar-refractivity contribution is 5.06. The van der Waals surface area contributed by atoms with E-state index in [4.69, 9.17) is 28.4 Å². The molecule has 0 aromatic heterocycles. The van der Waals surface area contributed by atoms with Crippen molar-refractivity contribution in [3.63, 3.8) is 0 Å². The Morgan fingerprint density at radius 2 is 0.767 bits per heavy atom. The zero-order valence-corrected chi connectivity index (χ0v) is 21.4. The van der Waals surface area contributed by atoms with Crippen molar-refractivity contribution < 1.29 is 28.4 Å². The highest BCUT2D eigenvalue weighted by Gasteiger charge is 2.58. The molecule has 0 spiro atoms. The summed E-state index contributed by atoms with van der Waals surface area (Å²) in [4.78, 5) is 0. The van der Waals surface area contributed by atoms with Gasteiger partial charge in [-0.1, -0.05) is 27.7 Å². The van der Waals surface area contributed by atoms with Gasteiger partial charge < -0.3 is 28.4 Å². The predicted molar refractivity (Wildman–Crippen MR) is 122 cm³/mol. The van der Waals surface area contributed by atoms with Crippen LogP contribution in [-0.2, 0) is 28.4 Å². The van der Waals surface area contributed by atoms with Crippen LogP contribution >= 0.6 is 0 Å². The number of methoxy groups -OCH3 is 3. The molecule has 0 fully saturated rings. The molecule has 182 valence electrons. The lowest BCUT2D eigenvalue weighted by molar-refractivity contribution is -0.249. The molecule has 0 N–H and O–H groups in total. The highest BCUT2D eigenvalue weighted by atomic mass is 16.6. The molecule has 0 aromatic rings. The van der Waals surface area contributed by atoms with Crippen LogP contribution in [0.25, 0.3) is 0 Å². The van der Waals surface area contributed by atoms with Crippen LogP contribution in [0.15, 0.2) is 0 Å². The monoisotopic (exact) mass is 434 g/mol. The fraction of sp³-hybridized carbons (Fsp3) is 1.00. The molecule has 6 nitrogen and oxygen atoms in total. The average Bonchev–Trinajstić information content (AvgIpc) is 2.77. The van der Waals surface area contributed by atoms with Crippen molar-refractivity contribution in [3.8, 4) is 0 Å². The fourth-order valence-corrected chi connectivity index (χ4v) is 5.14. The zero-order chi connectivity index (χ0) is 23.2. The van der Waals surface area contributed by atoms with Gasteiger partial charge in [0.1, 0.15) is 0 Å². The summed E-state index contributed by atoms with van der Waals surface area (Å²) in [6, 6.07) is 0. The quantitative estimate of drug-likeness (QED) is 0.289. The van der Waals surface area contributed by atoms with Gasteiger partial charge >= 0.3 is 0 Å². The Hall–Kier alpha value is -0.240. The molecule has 6 heteroatoms. The summed E-state index contributed by atoms with van der Waals surface area (Å²) in [5.74, 6) is 0. The first kappa shape index (κ1) is 29.8. The van der Waals surface area contributed by atoms with Gasteiger partial charge in [-0.25, -0.2) is 0 Å². The van der Waals surface area contributed by atoms with Crippen molar-refractivity contribution in [1.82, 2.24) is 0 Å². The SMILES string of the molecule is CCOC(CC)C(OC)C(CC)(C(OC)C(CC)OCC)C(OC)C(CC)OCC. The molecule has 6 unspecified atom stereocenters. The van der Waals surface area contributed by atoms with E-state index in [2.05, 4.69) is 27.7 Å². The van der Waals surface area contributed by atoms with E-state index in [1.165, 1.54) is 0 Å². The van der Waals surface area contributed by atoms with Crippen LogP contribution in [-0.4, -0.2) is 77.8 Å². The molecule has 0 saturated carbocycles. The molecule has 0 aliphatic heterocycles. The summed E-state index contributed by atoms with van der Waals surface area (Å²) >= 11 is 0. The Morgan fingerprint density at radius 3 is 0.900 bits per heavy atom. The minimum absolute atomic E-state index is 0.0893. The minimum Gasteiger partial charge on any atom is -0.378 e. The van der Waals surface area contributed by atoms with Crippen molar-refractivity contribution in [1.29, 1.82) is 0 Å². The molecule has 0 bridgehead atoms. The largest absolute Gasteiger partial charge is 0.378 e. The van der Waals surface area contributed by atoms with Crippen LogP contribution in [0.2, 0.25) is 0 Å². The molecule has 6 atom stereocenters. The molecule has 0 aliphatic rings. The summed E-state index contributed by atoms with van der Waals surface area (Å²) in [7, 11) is 5.29. The molecule has 0 heterocycles. The zero-order valence-electron chi connectivity index (χ0n) is 21.4. The minimum atomic E-state index is -0.528. The first-order valence-corrected chi connectivity index (χ1v) is 11.9. The Labute approximate surface area is 186 Å². The second-order valence-electron chi connectivity index (χ2n) is 7.64. The molecule has 0 aliphatic carbocycles. The van der Waals surface area contributed by atoms with Gasteiger partial charge in [-0.3, -0.25) is 0 Å². The molecule has 0 rings (SSSR count). The van der Waals surface area contributed by atoms with Gasteiger partial charge in [-0.15, -0.1) is 0 Å². The van der Waals surface area contributed by atoms with Crippen LogP contribution < -0.4 is 0 Å². The van der Waals surface area contributed by atoms with E-state index in [1.807, 2.05) is 20.8 Å². The Morgan fingerprint density at radius 1 is 0.500 bits per heavy atom. The smallest absolute Gasteiger partial charge is 0.0940 e. The summed E-state index contributed by atoms with van der Waals surface area (Å²) in [5.41, 5.74) is -0.528. The average molecular weight is 435 g/mol. The third-order valence-electron chi connectivity index (χ3n) is 6.33. The molecule has 30 heavy (non-hydrogen) atoms. The molecular formula is C24H50O6. The van der Waals surface area contributed by atoms with Crippen molar-refractivity contribution in [3.05, 3.63) is 0 Å². The maximum absolute atomic E-state index is 6.23. The first-order valence-electron chi connectivity index (χ1n) is 11.9. The first-order chi connectivity index (χ1) is 14.5. The normalized spacial score (nSPS) is 20.2. The predicted octanol–water partition coefficient (Wildman–Crippen LogP) is 4.87. The van der Waals surface area contributed by atoms with E-state index in [1.54, 1.807) is 21.3 Å². The van der Waals surface area contributed by atoms with Gasteiger partial charge in [-0.2, -0.15) is 0 Å². The number of rotatable bonds is 19. The van der Waals surface area contributed by atoms with Crippen molar-refractivity contribution >= 4 is 0 Å². The van der Waals surface area contributed by atoms with Crippen LogP contribution in [0.3, 0.4) is 0 Å². The van der Waals surface area contributed by atoms with E-state index in [0.717, 1.165) is 25.7 Å². The van der Waals surface area contributed by atoms with Gasteiger partial charge in [0.2, 0.25) is 0 Å². The van der Waals surface area contributed by atoms with Crippen molar-refractivity contribution in [2.75, 3.05) is 41.2 Å². The maximum atomic E-state index is 6.23. The summed E-state index contributed by atoms with van der Waals surface area (Å²) in [5, 5.41) is 0. The van der Waals surface area contributed by atoms with Crippen LogP contribution in [0.4, 0.5) is 0 Å². The second-order valence-corrected chi connectivity index (χ2v) is 7.64.